The van der Waals surface area contributed by atoms with E-state index < -0.39 is 17.9 Å². The fourth-order valence-corrected chi connectivity index (χ4v) is 3.79. The number of hydrogen-bond acceptors (Lipinski definition) is 1. The number of rotatable bonds is 1. The third kappa shape index (κ3) is 1.34. The molecule has 92 valence electrons. The quantitative estimate of drug-likeness (QED) is 0.677. The summed E-state index contributed by atoms with van der Waals surface area (Å²) in [6.07, 6.45) is -2.55. The SMILES string of the molecule is CC12CCC(C(C(=O)C(F)(F)F)C1)C2(C)C. The summed E-state index contributed by atoms with van der Waals surface area (Å²) >= 11 is 0. The predicted octanol–water partition coefficient (Wildman–Crippen LogP) is 3.58. The molecule has 2 fully saturated rings. The fourth-order valence-electron chi connectivity index (χ4n) is 3.79. The molecule has 0 radical (unpaired) electrons. The van der Waals surface area contributed by atoms with Crippen LogP contribution in [0.2, 0.25) is 0 Å². The lowest BCUT2D eigenvalue weighted by atomic mass is 9.71. The van der Waals surface area contributed by atoms with E-state index in [1.165, 1.54) is 0 Å². The lowest BCUT2D eigenvalue weighted by molar-refractivity contribution is -0.177. The third-order valence-electron chi connectivity index (χ3n) is 5.26. The highest BCUT2D eigenvalue weighted by molar-refractivity contribution is 5.87. The second-order valence-electron chi connectivity index (χ2n) is 6.10. The number of alkyl halides is 3. The van der Waals surface area contributed by atoms with Gasteiger partial charge in [0.2, 0.25) is 5.78 Å². The van der Waals surface area contributed by atoms with Crippen LogP contribution in [0.25, 0.3) is 0 Å². The van der Waals surface area contributed by atoms with Gasteiger partial charge in [0, 0.05) is 5.92 Å². The van der Waals surface area contributed by atoms with E-state index in [2.05, 4.69) is 0 Å². The van der Waals surface area contributed by atoms with Gasteiger partial charge >= 0.3 is 6.18 Å². The van der Waals surface area contributed by atoms with Gasteiger partial charge in [0.1, 0.15) is 0 Å². The number of Topliss-reactive ketones (excluding diaryl/α,β-unsaturated/α-hetero) is 1. The van der Waals surface area contributed by atoms with Crippen LogP contribution in [0.4, 0.5) is 13.2 Å². The molecule has 0 spiro atoms. The number of carbonyl (C=O) groups is 1. The summed E-state index contributed by atoms with van der Waals surface area (Å²) in [5.74, 6) is -2.39. The summed E-state index contributed by atoms with van der Waals surface area (Å²) in [6.45, 7) is 6.04. The van der Waals surface area contributed by atoms with Gasteiger partial charge in [-0.1, -0.05) is 20.8 Å². The molecule has 0 aliphatic heterocycles. The molecule has 0 saturated heterocycles. The van der Waals surface area contributed by atoms with Crippen LogP contribution in [-0.2, 0) is 4.79 Å². The second kappa shape index (κ2) is 3.02. The molecule has 0 heterocycles. The molecular formula is C12H17F3O. The van der Waals surface area contributed by atoms with Crippen molar-refractivity contribution in [3.8, 4) is 0 Å². The van der Waals surface area contributed by atoms with Crippen molar-refractivity contribution >= 4 is 5.78 Å². The Balaban J connectivity index is 2.28. The highest BCUT2D eigenvalue weighted by atomic mass is 19.4. The lowest BCUT2D eigenvalue weighted by Gasteiger charge is -2.34. The number of hydrogen-bond donors (Lipinski definition) is 0. The lowest BCUT2D eigenvalue weighted by Crippen LogP contribution is -2.34. The van der Waals surface area contributed by atoms with Crippen molar-refractivity contribution in [1.82, 2.24) is 0 Å². The monoisotopic (exact) mass is 234 g/mol. The minimum absolute atomic E-state index is 0.0911. The fraction of sp³-hybridized carbons (Fsp3) is 0.917. The molecule has 3 atom stereocenters. The van der Waals surface area contributed by atoms with Crippen LogP contribution in [0.1, 0.15) is 40.0 Å². The Bertz CT molecular complexity index is 329. The van der Waals surface area contributed by atoms with Crippen LogP contribution in [0.15, 0.2) is 0 Å². The molecule has 2 aliphatic rings. The molecule has 0 aromatic rings. The Morgan fingerprint density at radius 2 is 1.81 bits per heavy atom. The van der Waals surface area contributed by atoms with Crippen molar-refractivity contribution in [2.75, 3.05) is 0 Å². The summed E-state index contributed by atoms with van der Waals surface area (Å²) in [4.78, 5) is 11.4. The van der Waals surface area contributed by atoms with Crippen LogP contribution in [0, 0.1) is 22.7 Å². The Kier molecular flexibility index (Phi) is 2.25. The molecule has 1 nitrogen and oxygen atoms in total. The predicted molar refractivity (Wildman–Crippen MR) is 53.8 cm³/mol. The first kappa shape index (κ1) is 11.9. The highest BCUT2D eigenvalue weighted by Gasteiger charge is 2.64. The molecule has 2 aliphatic carbocycles. The van der Waals surface area contributed by atoms with Crippen molar-refractivity contribution in [3.63, 3.8) is 0 Å². The van der Waals surface area contributed by atoms with Crippen molar-refractivity contribution in [2.45, 2.75) is 46.2 Å². The van der Waals surface area contributed by atoms with Gasteiger partial charge in [-0.15, -0.1) is 0 Å². The van der Waals surface area contributed by atoms with Crippen LogP contribution >= 0.6 is 0 Å². The minimum Gasteiger partial charge on any atom is -0.289 e. The maximum Gasteiger partial charge on any atom is 0.450 e. The summed E-state index contributed by atoms with van der Waals surface area (Å²) in [6, 6.07) is 0. The third-order valence-corrected chi connectivity index (χ3v) is 5.26. The van der Waals surface area contributed by atoms with E-state index in [1.807, 2.05) is 20.8 Å². The van der Waals surface area contributed by atoms with Crippen molar-refractivity contribution in [2.24, 2.45) is 22.7 Å². The highest BCUT2D eigenvalue weighted by Crippen LogP contribution is 2.68. The van der Waals surface area contributed by atoms with Crippen LogP contribution in [0.3, 0.4) is 0 Å². The molecule has 4 heteroatoms. The van der Waals surface area contributed by atoms with Crippen LogP contribution < -0.4 is 0 Å². The first-order chi connectivity index (χ1) is 7.09. The minimum atomic E-state index is -4.67. The zero-order chi connectivity index (χ0) is 12.4. The van der Waals surface area contributed by atoms with Crippen molar-refractivity contribution in [3.05, 3.63) is 0 Å². The number of carbonyl (C=O) groups excluding carboxylic acids is 1. The average molecular weight is 234 g/mol. The first-order valence-electron chi connectivity index (χ1n) is 5.71. The van der Waals surface area contributed by atoms with E-state index in [-0.39, 0.29) is 16.7 Å². The molecule has 16 heavy (non-hydrogen) atoms. The Hall–Kier alpha value is -0.540. The number of halogens is 3. The normalized spacial score (nSPS) is 41.4. The van der Waals surface area contributed by atoms with Crippen LogP contribution in [0.5, 0.6) is 0 Å². The molecule has 2 bridgehead atoms. The summed E-state index contributed by atoms with van der Waals surface area (Å²) in [5, 5.41) is 0. The maximum absolute atomic E-state index is 12.5. The van der Waals surface area contributed by atoms with Gasteiger partial charge in [-0.3, -0.25) is 4.79 Å². The molecule has 0 amide bonds. The average Bonchev–Trinajstić information content (AvgIpc) is 2.45. The zero-order valence-electron chi connectivity index (χ0n) is 9.82. The van der Waals surface area contributed by atoms with E-state index in [9.17, 15) is 18.0 Å². The second-order valence-corrected chi connectivity index (χ2v) is 6.10. The smallest absolute Gasteiger partial charge is 0.289 e. The van der Waals surface area contributed by atoms with Gasteiger partial charge in [0.05, 0.1) is 0 Å². The summed E-state index contributed by atoms with van der Waals surface area (Å²) < 4.78 is 37.4. The van der Waals surface area contributed by atoms with Crippen LogP contribution in [-0.4, -0.2) is 12.0 Å². The Morgan fingerprint density at radius 1 is 1.25 bits per heavy atom. The van der Waals surface area contributed by atoms with E-state index in [4.69, 9.17) is 0 Å². The molecule has 0 aromatic heterocycles. The topological polar surface area (TPSA) is 17.1 Å². The summed E-state index contributed by atoms with van der Waals surface area (Å²) in [5.41, 5.74) is -0.234. The Morgan fingerprint density at radius 3 is 2.12 bits per heavy atom. The van der Waals surface area contributed by atoms with Gasteiger partial charge in [0.15, 0.2) is 0 Å². The number of ketones is 1. The molecule has 2 saturated carbocycles. The molecule has 0 aromatic carbocycles. The molecule has 2 rings (SSSR count). The summed E-state index contributed by atoms with van der Waals surface area (Å²) in [7, 11) is 0. The zero-order valence-corrected chi connectivity index (χ0v) is 9.82. The number of fused-ring (bicyclic) bond motifs is 2. The molecule has 0 N–H and O–H groups in total. The molecular weight excluding hydrogens is 217 g/mol. The molecule has 3 unspecified atom stereocenters. The van der Waals surface area contributed by atoms with Gasteiger partial charge in [-0.05, 0) is 36.0 Å². The standard InChI is InChI=1S/C12H17F3O/c1-10(2)8-4-5-11(10,3)6-7(8)9(16)12(13,14)15/h7-8H,4-6H2,1-3H3. The van der Waals surface area contributed by atoms with Gasteiger partial charge in [-0.25, -0.2) is 0 Å². The van der Waals surface area contributed by atoms with Gasteiger partial charge in [0.25, 0.3) is 0 Å². The van der Waals surface area contributed by atoms with Gasteiger partial charge < -0.3 is 0 Å². The Labute approximate surface area is 93.4 Å². The van der Waals surface area contributed by atoms with Crippen molar-refractivity contribution < 1.29 is 18.0 Å². The largest absolute Gasteiger partial charge is 0.450 e. The van der Waals surface area contributed by atoms with E-state index >= 15 is 0 Å². The van der Waals surface area contributed by atoms with E-state index in [0.717, 1.165) is 12.8 Å². The maximum atomic E-state index is 12.5. The van der Waals surface area contributed by atoms with Crippen molar-refractivity contribution in [1.29, 1.82) is 0 Å². The van der Waals surface area contributed by atoms with Gasteiger partial charge in [-0.2, -0.15) is 13.2 Å². The van der Waals surface area contributed by atoms with E-state index in [0.29, 0.717) is 6.42 Å². The van der Waals surface area contributed by atoms with E-state index in [1.54, 1.807) is 0 Å². The first-order valence-corrected chi connectivity index (χ1v) is 5.71.